The van der Waals surface area contributed by atoms with Crippen LogP contribution in [0.5, 0.6) is 11.5 Å². The number of rotatable bonds is 4. The summed E-state index contributed by atoms with van der Waals surface area (Å²) in [6.07, 6.45) is 0.932. The maximum atomic E-state index is 12.6. The number of carbonyl (C=O) groups is 1. The summed E-state index contributed by atoms with van der Waals surface area (Å²) in [4.78, 5) is 16.6. The molecule has 136 valence electrons. The molecule has 2 saturated heterocycles. The molecular weight excluding hydrogens is 324 g/mol. The number of carbonyl (C=O) groups excluding carboxylic acids is 1. The zero-order valence-electron chi connectivity index (χ0n) is 14.3. The van der Waals surface area contributed by atoms with E-state index in [2.05, 4.69) is 4.90 Å². The predicted molar refractivity (Wildman–Crippen MR) is 89.7 cm³/mol. The SMILES string of the molecule is O=C(Cc1ccc2c(c1)OCO2)N1CC[C@](O)(CN2CCOCC2)C1. The third-order valence-electron chi connectivity index (χ3n) is 5.10. The van der Waals surface area contributed by atoms with Crippen molar-refractivity contribution in [1.82, 2.24) is 9.80 Å². The normalized spacial score (nSPS) is 26.2. The zero-order valence-corrected chi connectivity index (χ0v) is 14.3. The number of hydrogen-bond acceptors (Lipinski definition) is 6. The lowest BCUT2D eigenvalue weighted by Crippen LogP contribution is -2.49. The second-order valence-corrected chi connectivity index (χ2v) is 7.04. The molecule has 7 heteroatoms. The average molecular weight is 348 g/mol. The van der Waals surface area contributed by atoms with Gasteiger partial charge in [-0.1, -0.05) is 6.07 Å². The van der Waals surface area contributed by atoms with Crippen LogP contribution in [0.25, 0.3) is 0 Å². The van der Waals surface area contributed by atoms with Crippen molar-refractivity contribution in [2.24, 2.45) is 0 Å². The molecule has 0 aliphatic carbocycles. The summed E-state index contributed by atoms with van der Waals surface area (Å²) in [6.45, 7) is 4.93. The van der Waals surface area contributed by atoms with Crippen molar-refractivity contribution >= 4 is 5.91 Å². The van der Waals surface area contributed by atoms with Gasteiger partial charge < -0.3 is 24.2 Å². The van der Waals surface area contributed by atoms with E-state index in [1.165, 1.54) is 0 Å². The molecule has 0 spiro atoms. The molecule has 3 aliphatic rings. The Kier molecular flexibility index (Phi) is 4.54. The van der Waals surface area contributed by atoms with Crippen molar-refractivity contribution in [3.63, 3.8) is 0 Å². The number of amides is 1. The number of aliphatic hydroxyl groups is 1. The van der Waals surface area contributed by atoms with Crippen LogP contribution in [0.4, 0.5) is 0 Å². The quantitative estimate of drug-likeness (QED) is 0.841. The Labute approximate surface area is 147 Å². The van der Waals surface area contributed by atoms with Crippen LogP contribution in [0.15, 0.2) is 18.2 Å². The van der Waals surface area contributed by atoms with Crippen molar-refractivity contribution in [1.29, 1.82) is 0 Å². The molecule has 1 aromatic carbocycles. The molecule has 3 heterocycles. The predicted octanol–water partition coefficient (Wildman–Crippen LogP) is 0.253. The number of fused-ring (bicyclic) bond motifs is 1. The Balaban J connectivity index is 1.33. The Hall–Kier alpha value is -1.83. The van der Waals surface area contributed by atoms with Gasteiger partial charge in [-0.3, -0.25) is 9.69 Å². The minimum atomic E-state index is -0.818. The van der Waals surface area contributed by atoms with E-state index in [-0.39, 0.29) is 12.7 Å². The van der Waals surface area contributed by atoms with Crippen LogP contribution in [0.1, 0.15) is 12.0 Å². The molecule has 0 aromatic heterocycles. The van der Waals surface area contributed by atoms with E-state index in [0.717, 1.165) is 24.4 Å². The number of benzene rings is 1. The van der Waals surface area contributed by atoms with Gasteiger partial charge in [0.1, 0.15) is 0 Å². The summed E-state index contributed by atoms with van der Waals surface area (Å²) in [5, 5.41) is 10.8. The number of β-amino-alcohol motifs (C(OH)–C–C–N with tert-alkyl or cyclic N) is 1. The fourth-order valence-corrected chi connectivity index (χ4v) is 3.71. The number of hydrogen-bond donors (Lipinski definition) is 1. The third-order valence-corrected chi connectivity index (χ3v) is 5.10. The lowest BCUT2D eigenvalue weighted by Gasteiger charge is -2.33. The van der Waals surface area contributed by atoms with E-state index in [1.54, 1.807) is 4.90 Å². The minimum absolute atomic E-state index is 0.0387. The van der Waals surface area contributed by atoms with E-state index in [0.29, 0.717) is 51.4 Å². The lowest BCUT2D eigenvalue weighted by atomic mass is 10.0. The number of ether oxygens (including phenoxy) is 3. The molecule has 7 nitrogen and oxygen atoms in total. The average Bonchev–Trinajstić information content (AvgIpc) is 3.22. The maximum Gasteiger partial charge on any atom is 0.231 e. The molecule has 0 bridgehead atoms. The zero-order chi connectivity index (χ0) is 17.3. The van der Waals surface area contributed by atoms with Gasteiger partial charge in [-0.05, 0) is 24.1 Å². The van der Waals surface area contributed by atoms with Crippen LogP contribution >= 0.6 is 0 Å². The van der Waals surface area contributed by atoms with Crippen LogP contribution < -0.4 is 9.47 Å². The van der Waals surface area contributed by atoms with E-state index in [9.17, 15) is 9.90 Å². The van der Waals surface area contributed by atoms with Crippen molar-refractivity contribution in [2.75, 3.05) is 52.7 Å². The molecule has 1 atom stereocenters. The highest BCUT2D eigenvalue weighted by Crippen LogP contribution is 2.33. The molecule has 4 rings (SSSR count). The summed E-state index contributed by atoms with van der Waals surface area (Å²) in [5.41, 5.74) is 0.0832. The Morgan fingerprint density at radius 3 is 2.80 bits per heavy atom. The molecule has 0 unspecified atom stereocenters. The van der Waals surface area contributed by atoms with Gasteiger partial charge in [0.2, 0.25) is 12.7 Å². The molecule has 25 heavy (non-hydrogen) atoms. The number of morpholine rings is 1. The summed E-state index contributed by atoms with van der Waals surface area (Å²) in [6, 6.07) is 5.58. The Morgan fingerprint density at radius 2 is 1.96 bits per heavy atom. The maximum absolute atomic E-state index is 12.6. The number of likely N-dealkylation sites (tertiary alicyclic amines) is 1. The molecule has 2 fully saturated rings. The monoisotopic (exact) mass is 348 g/mol. The minimum Gasteiger partial charge on any atom is -0.454 e. The van der Waals surface area contributed by atoms with Crippen LogP contribution in [-0.2, 0) is 16.0 Å². The van der Waals surface area contributed by atoms with Crippen LogP contribution in [0.3, 0.4) is 0 Å². The number of nitrogens with zero attached hydrogens (tertiary/aromatic N) is 2. The second kappa shape index (κ2) is 6.82. The largest absolute Gasteiger partial charge is 0.454 e. The highest BCUT2D eigenvalue weighted by molar-refractivity contribution is 5.79. The molecule has 1 aromatic rings. The molecule has 0 radical (unpaired) electrons. The second-order valence-electron chi connectivity index (χ2n) is 7.04. The molecule has 1 amide bonds. The van der Waals surface area contributed by atoms with Gasteiger partial charge in [0.05, 0.1) is 31.8 Å². The van der Waals surface area contributed by atoms with Crippen LogP contribution in [-0.4, -0.2) is 79.1 Å². The highest BCUT2D eigenvalue weighted by Gasteiger charge is 2.39. The molecule has 1 N–H and O–H groups in total. The topological polar surface area (TPSA) is 71.5 Å². The first-order valence-corrected chi connectivity index (χ1v) is 8.80. The lowest BCUT2D eigenvalue weighted by molar-refractivity contribution is -0.130. The van der Waals surface area contributed by atoms with Crippen molar-refractivity contribution in [2.45, 2.75) is 18.4 Å². The van der Waals surface area contributed by atoms with Crippen LogP contribution in [0.2, 0.25) is 0 Å². The van der Waals surface area contributed by atoms with Gasteiger partial charge in [0.25, 0.3) is 0 Å². The Bertz CT molecular complexity index is 646. The smallest absolute Gasteiger partial charge is 0.231 e. The molecular formula is C18H24N2O5. The third kappa shape index (κ3) is 3.73. The summed E-state index contributed by atoms with van der Waals surface area (Å²) < 4.78 is 16.0. The van der Waals surface area contributed by atoms with E-state index >= 15 is 0 Å². The first-order valence-electron chi connectivity index (χ1n) is 8.80. The van der Waals surface area contributed by atoms with Gasteiger partial charge >= 0.3 is 0 Å². The van der Waals surface area contributed by atoms with Crippen molar-refractivity contribution in [3.8, 4) is 11.5 Å². The summed E-state index contributed by atoms with van der Waals surface area (Å²) >= 11 is 0. The van der Waals surface area contributed by atoms with Gasteiger partial charge in [0.15, 0.2) is 11.5 Å². The fourth-order valence-electron chi connectivity index (χ4n) is 3.71. The van der Waals surface area contributed by atoms with Crippen molar-refractivity contribution in [3.05, 3.63) is 23.8 Å². The van der Waals surface area contributed by atoms with Gasteiger partial charge in [-0.25, -0.2) is 0 Å². The fraction of sp³-hybridized carbons (Fsp3) is 0.611. The summed E-state index contributed by atoms with van der Waals surface area (Å²) in [7, 11) is 0. The molecule has 3 aliphatic heterocycles. The highest BCUT2D eigenvalue weighted by atomic mass is 16.7. The van der Waals surface area contributed by atoms with Crippen LogP contribution in [0, 0.1) is 0 Å². The first kappa shape index (κ1) is 16.6. The standard InChI is InChI=1S/C18H24N2O5/c21-17(10-14-1-2-15-16(9-14)25-13-24-15)20-4-3-18(22,12-20)11-19-5-7-23-8-6-19/h1-2,9,22H,3-8,10-13H2/t18-/m0/s1. The van der Waals surface area contributed by atoms with Gasteiger partial charge in [0, 0.05) is 26.2 Å². The van der Waals surface area contributed by atoms with Gasteiger partial charge in [-0.15, -0.1) is 0 Å². The van der Waals surface area contributed by atoms with E-state index in [4.69, 9.17) is 14.2 Å². The summed E-state index contributed by atoms with van der Waals surface area (Å²) in [5.74, 6) is 1.45. The Morgan fingerprint density at radius 1 is 1.16 bits per heavy atom. The van der Waals surface area contributed by atoms with E-state index in [1.807, 2.05) is 18.2 Å². The van der Waals surface area contributed by atoms with Gasteiger partial charge in [-0.2, -0.15) is 0 Å². The molecule has 0 saturated carbocycles. The van der Waals surface area contributed by atoms with Crippen molar-refractivity contribution < 1.29 is 24.1 Å². The first-order chi connectivity index (χ1) is 12.1. The van der Waals surface area contributed by atoms with E-state index < -0.39 is 5.60 Å².